The van der Waals surface area contributed by atoms with Gasteiger partial charge in [0.25, 0.3) is 0 Å². The molecule has 0 saturated heterocycles. The Bertz CT molecular complexity index is 912. The van der Waals surface area contributed by atoms with Crippen molar-refractivity contribution in [3.8, 4) is 11.1 Å². The summed E-state index contributed by atoms with van der Waals surface area (Å²) in [4.78, 5) is 0. The summed E-state index contributed by atoms with van der Waals surface area (Å²) in [6.45, 7) is 4.52. The van der Waals surface area contributed by atoms with Gasteiger partial charge >= 0.3 is 152 Å². The van der Waals surface area contributed by atoms with Gasteiger partial charge in [-0.05, 0) is 0 Å². The molecule has 0 saturated carbocycles. The molecule has 1 aliphatic rings. The fourth-order valence-electron chi connectivity index (χ4n) is 3.84. The molecule has 0 heterocycles. The van der Waals surface area contributed by atoms with Crippen molar-refractivity contribution >= 4 is 18.6 Å². The van der Waals surface area contributed by atoms with Crippen LogP contribution in [0.2, 0.25) is 0 Å². The Hall–Kier alpha value is -0.539. The van der Waals surface area contributed by atoms with Gasteiger partial charge in [0.05, 0.1) is 0 Å². The number of halogens is 3. The summed E-state index contributed by atoms with van der Waals surface area (Å²) in [6.07, 6.45) is 0. The number of aryl methyl sites for hydroxylation is 1. The predicted molar refractivity (Wildman–Crippen MR) is 97.4 cm³/mol. The van der Waals surface area contributed by atoms with Crippen LogP contribution in [0.4, 0.5) is 0 Å². The molecule has 0 radical (unpaired) electrons. The second kappa shape index (κ2) is 9.59. The molecule has 0 nitrogen and oxygen atoms in total. The summed E-state index contributed by atoms with van der Waals surface area (Å²) in [6, 6.07) is 22.6. The monoisotopic (exact) mass is 452 g/mol. The van der Waals surface area contributed by atoms with Crippen molar-refractivity contribution in [2.45, 2.75) is 19.4 Å². The largest absolute Gasteiger partial charge is 1.00 e. The Morgan fingerprint density at radius 2 is 1.42 bits per heavy atom. The zero-order valence-electron chi connectivity index (χ0n) is 14.7. The predicted octanol–water partition coefficient (Wildman–Crippen LogP) is -5.95. The summed E-state index contributed by atoms with van der Waals surface area (Å²) in [5, 5.41) is 1.61. The van der Waals surface area contributed by atoms with Gasteiger partial charge in [-0.2, -0.15) is 0 Å². The van der Waals surface area contributed by atoms with Crippen molar-refractivity contribution < 1.29 is 57.7 Å². The van der Waals surface area contributed by atoms with Crippen molar-refractivity contribution in [2.24, 2.45) is 0 Å². The maximum atomic E-state index is 2.35. The topological polar surface area (TPSA) is 0 Å². The molecule has 0 fully saturated rings. The second-order valence-corrected chi connectivity index (χ2v) is 9.30. The quantitative estimate of drug-likeness (QED) is 0.339. The van der Waals surface area contributed by atoms with E-state index in [9.17, 15) is 0 Å². The van der Waals surface area contributed by atoms with Gasteiger partial charge in [0.1, 0.15) is 0 Å². The van der Waals surface area contributed by atoms with E-state index in [4.69, 9.17) is 0 Å². The minimum atomic E-state index is -0.424. The van der Waals surface area contributed by atoms with Gasteiger partial charge in [-0.15, -0.1) is 0 Å². The van der Waals surface area contributed by atoms with Gasteiger partial charge in [0.15, 0.2) is 0 Å². The van der Waals surface area contributed by atoms with Crippen LogP contribution < -0.4 is 46.3 Å². The molecular formula is C21H19Cl3SiTi. The van der Waals surface area contributed by atoms with E-state index < -0.39 is 9.52 Å². The first-order chi connectivity index (χ1) is 11.2. The molecule has 132 valence electrons. The van der Waals surface area contributed by atoms with Crippen molar-refractivity contribution in [1.29, 1.82) is 0 Å². The van der Waals surface area contributed by atoms with Crippen molar-refractivity contribution in [1.82, 2.24) is 0 Å². The number of fused-ring (bicyclic) bond motifs is 3. The Labute approximate surface area is 188 Å². The average Bonchev–Trinajstić information content (AvgIpc) is 2.88. The molecular weight excluding hydrogens is 435 g/mol. The normalized spacial score (nSPS) is 14.1. The van der Waals surface area contributed by atoms with Gasteiger partial charge in [-0.3, -0.25) is 0 Å². The van der Waals surface area contributed by atoms with Crippen molar-refractivity contribution in [3.05, 3.63) is 82.9 Å². The van der Waals surface area contributed by atoms with Crippen LogP contribution in [-0.2, 0) is 20.4 Å². The van der Waals surface area contributed by atoms with Gasteiger partial charge in [-0.25, -0.2) is 0 Å². The first-order valence-corrected chi connectivity index (χ1v) is 10.5. The molecule has 26 heavy (non-hydrogen) atoms. The van der Waals surface area contributed by atoms with Crippen LogP contribution >= 0.6 is 0 Å². The van der Waals surface area contributed by atoms with E-state index in [1.165, 1.54) is 26.1 Å². The zero-order chi connectivity index (χ0) is 16.0. The first kappa shape index (κ1) is 23.5. The van der Waals surface area contributed by atoms with Gasteiger partial charge in [0.2, 0.25) is 0 Å². The molecule has 3 aromatic carbocycles. The maximum absolute atomic E-state index is 2.35. The molecule has 5 heteroatoms. The smallest absolute Gasteiger partial charge is 1.00 e. The van der Waals surface area contributed by atoms with Crippen molar-refractivity contribution in [2.75, 3.05) is 0 Å². The molecule has 1 atom stereocenters. The van der Waals surface area contributed by atoms with Crippen LogP contribution in [0.5, 0.6) is 0 Å². The summed E-state index contributed by atoms with van der Waals surface area (Å²) in [5.41, 5.74) is 9.58. The van der Waals surface area contributed by atoms with Crippen LogP contribution in [0, 0.1) is 13.8 Å². The van der Waals surface area contributed by atoms with Gasteiger partial charge in [0, 0.05) is 0 Å². The third-order valence-corrected chi connectivity index (χ3v) is 8.36. The van der Waals surface area contributed by atoms with E-state index in [0.29, 0.717) is 5.54 Å². The Balaban J connectivity index is 0.00000113. The summed E-state index contributed by atoms with van der Waals surface area (Å²) in [5.74, 6) is 0. The molecule has 0 aromatic heterocycles. The molecule has 0 spiro atoms. The van der Waals surface area contributed by atoms with Crippen molar-refractivity contribution in [3.63, 3.8) is 0 Å². The molecule has 4 rings (SSSR count). The molecule has 1 unspecified atom stereocenters. The Morgan fingerprint density at radius 1 is 0.769 bits per heavy atom. The molecule has 3 aromatic rings. The van der Waals surface area contributed by atoms with E-state index in [0.717, 1.165) is 0 Å². The fraction of sp³-hybridized carbons (Fsp3) is 0.143. The van der Waals surface area contributed by atoms with Crippen LogP contribution in [-0.4, -0.2) is 9.52 Å². The molecule has 0 bridgehead atoms. The molecule has 0 amide bonds. The third-order valence-electron chi connectivity index (χ3n) is 5.22. The summed E-state index contributed by atoms with van der Waals surface area (Å²) < 4.78 is 1.45. The average molecular weight is 454 g/mol. The van der Waals surface area contributed by atoms with Crippen LogP contribution in [0.15, 0.2) is 60.7 Å². The SMILES string of the molecule is Cc1cccc([SiH2]C2c3ccccc3-c3ccc[c]([Ti+3])c32)c1C.[Cl-].[Cl-].[Cl-]. The summed E-state index contributed by atoms with van der Waals surface area (Å²) in [7, 11) is -0.424. The van der Waals surface area contributed by atoms with Crippen LogP contribution in [0.1, 0.15) is 27.8 Å². The van der Waals surface area contributed by atoms with E-state index in [2.05, 4.69) is 94.9 Å². The standard InChI is InChI=1S/C21H19Si.3ClH.Ti/c1-14-8-7-13-20(15(14)2)22-21-18-11-5-3-9-16(18)17-10-4-6-12-19(17)21;;;;/h3-11,13,21H,22H2,1-2H3;3*1H;/q;;;;+3/p-3. The first-order valence-electron chi connectivity index (χ1n) is 8.15. The number of hydrogen-bond donors (Lipinski definition) is 0. The number of rotatable bonds is 2. The van der Waals surface area contributed by atoms with E-state index in [1.54, 1.807) is 16.3 Å². The van der Waals surface area contributed by atoms with E-state index in [1.807, 2.05) is 0 Å². The van der Waals surface area contributed by atoms with E-state index >= 15 is 0 Å². The number of benzene rings is 3. The molecule has 0 aliphatic heterocycles. The number of hydrogen-bond acceptors (Lipinski definition) is 0. The second-order valence-electron chi connectivity index (χ2n) is 6.47. The Morgan fingerprint density at radius 3 is 2.19 bits per heavy atom. The van der Waals surface area contributed by atoms with Crippen LogP contribution in [0.3, 0.4) is 0 Å². The van der Waals surface area contributed by atoms with E-state index in [-0.39, 0.29) is 37.2 Å². The molecule has 0 N–H and O–H groups in total. The minimum absolute atomic E-state index is 0. The Kier molecular flexibility index (Phi) is 8.67. The zero-order valence-corrected chi connectivity index (χ0v) is 19.9. The van der Waals surface area contributed by atoms with Gasteiger partial charge in [-0.1, -0.05) is 0 Å². The maximum Gasteiger partial charge on any atom is -1.00 e. The third kappa shape index (κ3) is 3.99. The fourth-order valence-corrected chi connectivity index (χ4v) is 7.31. The van der Waals surface area contributed by atoms with Crippen LogP contribution in [0.25, 0.3) is 11.1 Å². The van der Waals surface area contributed by atoms with Gasteiger partial charge < -0.3 is 37.2 Å². The molecule has 1 aliphatic carbocycles. The minimum Gasteiger partial charge on any atom is -1.00 e. The summed E-state index contributed by atoms with van der Waals surface area (Å²) >= 11 is 2.27.